The van der Waals surface area contributed by atoms with Crippen LogP contribution in [0.25, 0.3) is 0 Å². The molecule has 8 unspecified atom stereocenters. The average Bonchev–Trinajstić information content (AvgIpc) is 2.62. The van der Waals surface area contributed by atoms with Crippen molar-refractivity contribution in [1.29, 1.82) is 0 Å². The molecule has 0 heterocycles. The summed E-state index contributed by atoms with van der Waals surface area (Å²) in [7, 11) is 0. The van der Waals surface area contributed by atoms with Crippen molar-refractivity contribution in [3.63, 3.8) is 0 Å². The Labute approximate surface area is 201 Å². The van der Waals surface area contributed by atoms with Crippen molar-refractivity contribution < 1.29 is 80.5 Å². The van der Waals surface area contributed by atoms with E-state index in [4.69, 9.17) is 61.3 Å². The quantitative estimate of drug-likeness (QED) is 0.0966. The first-order valence-electron chi connectivity index (χ1n) is 6.93. The smallest absolute Gasteiger partial charge is 0.335 e. The molecule has 18 heteroatoms. The van der Waals surface area contributed by atoms with Gasteiger partial charge in [0.25, 0.3) is 0 Å². The number of carboxylic acid groups (broad SMARTS) is 4. The van der Waals surface area contributed by atoms with E-state index in [1.54, 1.807) is 0 Å². The molecule has 0 aromatic heterocycles. The second kappa shape index (κ2) is 16.8. The molecule has 0 rings (SSSR count). The van der Waals surface area contributed by atoms with Crippen molar-refractivity contribution in [2.24, 2.45) is 0 Å². The summed E-state index contributed by atoms with van der Waals surface area (Å²) >= 11 is 0. The van der Waals surface area contributed by atoms with E-state index < -0.39 is 72.7 Å². The van der Waals surface area contributed by atoms with Crippen LogP contribution in [0.4, 0.5) is 0 Å². The van der Waals surface area contributed by atoms with Gasteiger partial charge in [-0.25, -0.2) is 19.2 Å². The summed E-state index contributed by atoms with van der Waals surface area (Å²) in [6.07, 6.45) is -18.6. The number of aliphatic hydroxyl groups excluding tert-OH is 8. The molecule has 0 saturated carbocycles. The van der Waals surface area contributed by atoms with Crippen LogP contribution in [0, 0.1) is 0 Å². The fourth-order valence-corrected chi connectivity index (χ4v) is 1.33. The van der Waals surface area contributed by atoms with E-state index in [1.165, 1.54) is 0 Å². The van der Waals surface area contributed by atoms with Crippen molar-refractivity contribution in [3.8, 4) is 0 Å². The molecule has 174 valence electrons. The molecular formula is C12H20O16Sb2. The minimum Gasteiger partial charge on any atom is -0.479 e. The second-order valence-corrected chi connectivity index (χ2v) is 5.09. The molecule has 30 heavy (non-hydrogen) atoms. The Kier molecular flexibility index (Phi) is 20.5. The fourth-order valence-electron chi connectivity index (χ4n) is 1.33. The predicted molar refractivity (Wildman–Crippen MR) is 90.1 cm³/mol. The summed E-state index contributed by atoms with van der Waals surface area (Å²) in [5.41, 5.74) is 0. The molecular weight excluding hydrogens is 644 g/mol. The summed E-state index contributed by atoms with van der Waals surface area (Å²) in [5.74, 6) is -7.36. The first kappa shape index (κ1) is 36.6. The van der Waals surface area contributed by atoms with Gasteiger partial charge in [0.2, 0.25) is 0 Å². The van der Waals surface area contributed by atoms with E-state index >= 15 is 0 Å². The molecule has 0 aromatic rings. The van der Waals surface area contributed by atoms with Crippen LogP contribution in [0.1, 0.15) is 0 Å². The van der Waals surface area contributed by atoms with Gasteiger partial charge in [-0.2, -0.15) is 0 Å². The number of carboxylic acids is 4. The van der Waals surface area contributed by atoms with Crippen LogP contribution in [0.5, 0.6) is 0 Å². The van der Waals surface area contributed by atoms with Crippen LogP contribution < -0.4 is 0 Å². The fraction of sp³-hybridized carbons (Fsp3) is 0.667. The zero-order valence-electron chi connectivity index (χ0n) is 14.5. The number of aliphatic hydroxyl groups is 8. The molecule has 0 amide bonds. The average molecular weight is 664 g/mol. The second-order valence-electron chi connectivity index (χ2n) is 5.09. The molecule has 6 radical (unpaired) electrons. The Morgan fingerprint density at radius 1 is 0.367 bits per heavy atom. The van der Waals surface area contributed by atoms with E-state index in [9.17, 15) is 19.2 Å². The van der Waals surface area contributed by atoms with Crippen molar-refractivity contribution in [2.75, 3.05) is 0 Å². The van der Waals surface area contributed by atoms with E-state index in [1.807, 2.05) is 0 Å². The van der Waals surface area contributed by atoms with Gasteiger partial charge in [0.05, 0.1) is 0 Å². The number of hydrogen-bond acceptors (Lipinski definition) is 12. The van der Waals surface area contributed by atoms with Gasteiger partial charge < -0.3 is 61.3 Å². The van der Waals surface area contributed by atoms with Crippen LogP contribution in [0.15, 0.2) is 0 Å². The van der Waals surface area contributed by atoms with Crippen molar-refractivity contribution in [1.82, 2.24) is 0 Å². The normalized spacial score (nSPS) is 18.1. The first-order chi connectivity index (χ1) is 12.6. The van der Waals surface area contributed by atoms with E-state index in [2.05, 4.69) is 0 Å². The SMILES string of the molecule is O=C(O)C(O)C(O)C(O)C(O)C(=O)O.O=C(O)C(O)C(O)C(O)C(O)C(=O)O.[Sb].[Sb]. The van der Waals surface area contributed by atoms with Crippen molar-refractivity contribution in [2.45, 2.75) is 48.8 Å². The van der Waals surface area contributed by atoms with Gasteiger partial charge in [-0.3, -0.25) is 0 Å². The Hall–Kier alpha value is -0.804. The molecule has 0 aliphatic heterocycles. The number of rotatable bonds is 10. The standard InChI is InChI=1S/2C6H10O8.2Sb/c2*7-1(3(9)5(11)12)2(8)4(10)6(13)14;;/h2*1-4,7-10H,(H,11,12)(H,13,14);;. The molecule has 16 nitrogen and oxygen atoms in total. The van der Waals surface area contributed by atoms with Crippen LogP contribution in [0.3, 0.4) is 0 Å². The maximum Gasteiger partial charge on any atom is 0.335 e. The molecule has 0 fully saturated rings. The molecule has 12 N–H and O–H groups in total. The van der Waals surface area contributed by atoms with Crippen molar-refractivity contribution >= 4 is 72.7 Å². The van der Waals surface area contributed by atoms with Crippen LogP contribution in [-0.4, -0.2) is 183 Å². The van der Waals surface area contributed by atoms with Gasteiger partial charge in [0.1, 0.15) is 24.4 Å². The Balaban J connectivity index is -0.000000211. The molecule has 8 atom stereocenters. The molecule has 0 saturated heterocycles. The third-order valence-electron chi connectivity index (χ3n) is 3.01. The Morgan fingerprint density at radius 3 is 0.533 bits per heavy atom. The Bertz CT molecular complexity index is 462. The molecule has 0 aliphatic carbocycles. The zero-order chi connectivity index (χ0) is 22.9. The predicted octanol–water partition coefficient (Wildman–Crippen LogP) is -7.56. The maximum atomic E-state index is 10.1. The summed E-state index contributed by atoms with van der Waals surface area (Å²) in [6.45, 7) is 0. The number of aliphatic carboxylic acids is 4. The monoisotopic (exact) mass is 662 g/mol. The van der Waals surface area contributed by atoms with Crippen LogP contribution >= 0.6 is 0 Å². The van der Waals surface area contributed by atoms with Crippen molar-refractivity contribution in [3.05, 3.63) is 0 Å². The molecule has 0 aromatic carbocycles. The van der Waals surface area contributed by atoms with Crippen LogP contribution in [0.2, 0.25) is 0 Å². The minimum absolute atomic E-state index is 0. The zero-order valence-corrected chi connectivity index (χ0v) is 19.6. The third kappa shape index (κ3) is 12.1. The third-order valence-corrected chi connectivity index (χ3v) is 3.01. The number of hydrogen-bond donors (Lipinski definition) is 12. The minimum atomic E-state index is -2.36. The summed E-state index contributed by atoms with van der Waals surface area (Å²) in [5, 5.41) is 103. The van der Waals surface area contributed by atoms with Gasteiger partial charge in [-0.15, -0.1) is 0 Å². The van der Waals surface area contributed by atoms with E-state index in [0.717, 1.165) is 0 Å². The largest absolute Gasteiger partial charge is 0.479 e. The van der Waals surface area contributed by atoms with Crippen LogP contribution in [-0.2, 0) is 19.2 Å². The Morgan fingerprint density at radius 2 is 0.467 bits per heavy atom. The number of carbonyl (C=O) groups is 4. The summed E-state index contributed by atoms with van der Waals surface area (Å²) < 4.78 is 0. The summed E-state index contributed by atoms with van der Waals surface area (Å²) in [4.78, 5) is 40.3. The molecule has 0 aliphatic rings. The molecule has 0 spiro atoms. The topological polar surface area (TPSA) is 311 Å². The van der Waals surface area contributed by atoms with Gasteiger partial charge in [0.15, 0.2) is 24.4 Å². The van der Waals surface area contributed by atoms with E-state index in [-0.39, 0.29) is 48.9 Å². The maximum absolute atomic E-state index is 10.1. The van der Waals surface area contributed by atoms with Gasteiger partial charge in [-0.05, 0) is 0 Å². The van der Waals surface area contributed by atoms with E-state index in [0.29, 0.717) is 0 Å². The summed E-state index contributed by atoms with van der Waals surface area (Å²) in [6, 6.07) is 0. The van der Waals surface area contributed by atoms with Gasteiger partial charge in [0, 0.05) is 48.9 Å². The molecule has 0 bridgehead atoms. The van der Waals surface area contributed by atoms with Gasteiger partial charge in [-0.1, -0.05) is 0 Å². The first-order valence-corrected chi connectivity index (χ1v) is 6.93. The van der Waals surface area contributed by atoms with Gasteiger partial charge >= 0.3 is 23.9 Å².